The van der Waals surface area contributed by atoms with Crippen LogP contribution in [0.1, 0.15) is 37.8 Å². The van der Waals surface area contributed by atoms with Crippen LogP contribution in [-0.2, 0) is 46.4 Å². The third-order valence-corrected chi connectivity index (χ3v) is 9.61. The molecule has 6 aromatic rings. The maximum absolute atomic E-state index is 10.4. The molecule has 0 atom stereocenters. The van der Waals surface area contributed by atoms with E-state index in [1.165, 1.54) is 59.2 Å². The molecule has 0 saturated heterocycles. The van der Waals surface area contributed by atoms with Gasteiger partial charge in [0.05, 0.1) is 36.0 Å². The molecule has 0 saturated carbocycles. The van der Waals surface area contributed by atoms with E-state index >= 15 is 0 Å². The maximum atomic E-state index is 10.4. The van der Waals surface area contributed by atoms with E-state index in [2.05, 4.69) is 93.3 Å². The SMILES string of the molecule is CCn1c[n+](CCCC[n+]2cn(CC)c3ccccc32)c2ccccc21.Cc1ccc(S(=O)(=O)[O-])cc1.Cc1ccc(S(=O)(=O)[O-])cc1. The predicted molar refractivity (Wildman–Crippen MR) is 183 cm³/mol. The predicted octanol–water partition coefficient (Wildman–Crippen LogP) is 5.49. The molecule has 10 nitrogen and oxygen atoms in total. The highest BCUT2D eigenvalue weighted by atomic mass is 32.2. The van der Waals surface area contributed by atoms with Gasteiger partial charge >= 0.3 is 0 Å². The lowest BCUT2D eigenvalue weighted by atomic mass is 10.2. The Morgan fingerprint density at radius 2 is 0.875 bits per heavy atom. The number of unbranched alkanes of at least 4 members (excludes halogenated alkanes) is 1. The van der Waals surface area contributed by atoms with Crippen molar-refractivity contribution in [1.29, 1.82) is 0 Å². The highest BCUT2D eigenvalue weighted by molar-refractivity contribution is 7.86. The Hall–Kier alpha value is -4.36. The van der Waals surface area contributed by atoms with E-state index in [1.54, 1.807) is 24.3 Å². The molecule has 0 unspecified atom stereocenters. The Kier molecular flexibility index (Phi) is 12.3. The number of aryl methyl sites for hydroxylation is 6. The van der Waals surface area contributed by atoms with E-state index in [-0.39, 0.29) is 9.79 Å². The number of para-hydroxylation sites is 4. The summed E-state index contributed by atoms with van der Waals surface area (Å²) in [4.78, 5) is -0.355. The zero-order valence-corrected chi connectivity index (χ0v) is 29.3. The lowest BCUT2D eigenvalue weighted by molar-refractivity contribution is -0.684. The molecule has 2 aromatic heterocycles. The standard InChI is InChI=1S/C22H28N4.2C7H8O3S/c1-3-23-17-25(21-13-7-5-11-19(21)23)15-9-10-16-26-18-24(4-2)20-12-6-8-14-22(20)26;2*1-6-2-4-7(5-3-6)11(8,9)10/h5-8,11-14,17-18H,3-4,9-10,15-16H2,1-2H3;2*2-5H,1H3,(H,8,9,10)/q+2;;/p-2. The van der Waals surface area contributed by atoms with Gasteiger partial charge in [-0.25, -0.2) is 35.1 Å². The first-order valence-corrected chi connectivity index (χ1v) is 18.6. The zero-order valence-electron chi connectivity index (χ0n) is 27.7. The molecule has 4 aromatic carbocycles. The molecule has 0 amide bonds. The second-order valence-electron chi connectivity index (χ2n) is 11.4. The quantitative estimate of drug-likeness (QED) is 0.112. The molecular formula is C36H42N4O6S2. The van der Waals surface area contributed by atoms with Crippen LogP contribution in [0, 0.1) is 13.8 Å². The summed E-state index contributed by atoms with van der Waals surface area (Å²) in [7, 11) is -8.54. The van der Waals surface area contributed by atoms with Crippen LogP contribution in [0.5, 0.6) is 0 Å². The van der Waals surface area contributed by atoms with E-state index in [0.29, 0.717) is 0 Å². The van der Waals surface area contributed by atoms with Gasteiger partial charge in [-0.2, -0.15) is 0 Å². The summed E-state index contributed by atoms with van der Waals surface area (Å²) in [6, 6.07) is 29.0. The number of rotatable bonds is 9. The van der Waals surface area contributed by atoms with Gasteiger partial charge in [0.15, 0.2) is 22.1 Å². The molecule has 254 valence electrons. The minimum Gasteiger partial charge on any atom is -0.744 e. The van der Waals surface area contributed by atoms with Gasteiger partial charge in [-0.05, 0) is 89.1 Å². The second kappa shape index (κ2) is 16.2. The minimum absolute atomic E-state index is 0.178. The first kappa shape index (κ1) is 36.5. The number of hydrogen-bond acceptors (Lipinski definition) is 6. The number of benzene rings is 4. The summed E-state index contributed by atoms with van der Waals surface area (Å²) in [5.41, 5.74) is 7.19. The van der Waals surface area contributed by atoms with Crippen molar-refractivity contribution < 1.29 is 35.1 Å². The van der Waals surface area contributed by atoms with Crippen LogP contribution in [0.3, 0.4) is 0 Å². The van der Waals surface area contributed by atoms with Gasteiger partial charge in [0.2, 0.25) is 12.7 Å². The fourth-order valence-electron chi connectivity index (χ4n) is 5.32. The molecule has 0 bridgehead atoms. The Labute approximate surface area is 283 Å². The summed E-state index contributed by atoms with van der Waals surface area (Å²) in [5.74, 6) is 0. The average molecular weight is 691 g/mol. The summed E-state index contributed by atoms with van der Waals surface area (Å²) in [6.45, 7) is 12.2. The molecule has 0 N–H and O–H groups in total. The first-order chi connectivity index (χ1) is 22.8. The molecule has 48 heavy (non-hydrogen) atoms. The average Bonchev–Trinajstić information content (AvgIpc) is 3.61. The second-order valence-corrected chi connectivity index (χ2v) is 14.2. The van der Waals surface area contributed by atoms with Crippen molar-refractivity contribution in [2.24, 2.45) is 0 Å². The van der Waals surface area contributed by atoms with E-state index in [0.717, 1.165) is 37.3 Å². The minimum atomic E-state index is -4.27. The smallest absolute Gasteiger partial charge is 0.244 e. The summed E-state index contributed by atoms with van der Waals surface area (Å²) in [5, 5.41) is 0. The largest absolute Gasteiger partial charge is 0.744 e. The normalized spacial score (nSPS) is 11.5. The van der Waals surface area contributed by atoms with Crippen molar-refractivity contribution in [2.45, 2.75) is 76.5 Å². The third-order valence-electron chi connectivity index (χ3n) is 7.91. The van der Waals surface area contributed by atoms with Crippen molar-refractivity contribution >= 4 is 42.3 Å². The Morgan fingerprint density at radius 3 is 1.19 bits per heavy atom. The van der Waals surface area contributed by atoms with Crippen LogP contribution in [0.4, 0.5) is 0 Å². The van der Waals surface area contributed by atoms with E-state index in [1.807, 2.05) is 13.8 Å². The summed E-state index contributed by atoms with van der Waals surface area (Å²) < 4.78 is 71.8. The Morgan fingerprint density at radius 1 is 0.542 bits per heavy atom. The van der Waals surface area contributed by atoms with Gasteiger partial charge in [0, 0.05) is 0 Å². The van der Waals surface area contributed by atoms with Crippen molar-refractivity contribution in [3.63, 3.8) is 0 Å². The Balaban J connectivity index is 0.000000195. The number of nitrogens with zero attached hydrogens (tertiary/aromatic N) is 4. The fourth-order valence-corrected chi connectivity index (χ4v) is 6.26. The maximum Gasteiger partial charge on any atom is 0.244 e. The Bertz CT molecular complexity index is 2010. The van der Waals surface area contributed by atoms with Crippen LogP contribution >= 0.6 is 0 Å². The van der Waals surface area contributed by atoms with E-state index in [9.17, 15) is 25.9 Å². The molecule has 0 radical (unpaired) electrons. The molecule has 6 rings (SSSR count). The monoisotopic (exact) mass is 690 g/mol. The van der Waals surface area contributed by atoms with Crippen molar-refractivity contribution in [1.82, 2.24) is 9.13 Å². The van der Waals surface area contributed by atoms with Crippen molar-refractivity contribution in [3.8, 4) is 0 Å². The molecule has 0 spiro atoms. The number of fused-ring (bicyclic) bond motifs is 2. The van der Waals surface area contributed by atoms with Crippen LogP contribution in [0.2, 0.25) is 0 Å². The van der Waals surface area contributed by atoms with Gasteiger partial charge < -0.3 is 9.11 Å². The summed E-state index contributed by atoms with van der Waals surface area (Å²) in [6.07, 6.45) is 6.89. The van der Waals surface area contributed by atoms with Gasteiger partial charge in [-0.1, -0.05) is 59.7 Å². The highest BCUT2D eigenvalue weighted by Gasteiger charge is 2.15. The molecule has 0 aliphatic carbocycles. The van der Waals surface area contributed by atoms with E-state index in [4.69, 9.17) is 0 Å². The van der Waals surface area contributed by atoms with Gasteiger partial charge in [0.25, 0.3) is 0 Å². The fraction of sp³-hybridized carbons (Fsp3) is 0.278. The van der Waals surface area contributed by atoms with Gasteiger partial charge in [-0.3, -0.25) is 0 Å². The summed E-state index contributed by atoms with van der Waals surface area (Å²) >= 11 is 0. The third kappa shape index (κ3) is 9.60. The first-order valence-electron chi connectivity index (χ1n) is 15.8. The topological polar surface area (TPSA) is 132 Å². The molecule has 0 fully saturated rings. The number of hydrogen-bond donors (Lipinski definition) is 0. The lowest BCUT2D eigenvalue weighted by Crippen LogP contribution is -2.35. The number of imidazole rings is 2. The van der Waals surface area contributed by atoms with E-state index < -0.39 is 20.2 Å². The zero-order chi connectivity index (χ0) is 34.9. The van der Waals surface area contributed by atoms with Crippen molar-refractivity contribution in [2.75, 3.05) is 0 Å². The van der Waals surface area contributed by atoms with Crippen LogP contribution in [0.25, 0.3) is 22.1 Å². The van der Waals surface area contributed by atoms with Gasteiger partial charge in [-0.15, -0.1) is 0 Å². The molecule has 0 aliphatic heterocycles. The number of aromatic nitrogens is 4. The molecule has 2 heterocycles. The lowest BCUT2D eigenvalue weighted by Gasteiger charge is -2.05. The molecule has 12 heteroatoms. The van der Waals surface area contributed by atoms with Crippen LogP contribution in [-0.4, -0.2) is 35.1 Å². The van der Waals surface area contributed by atoms with Crippen LogP contribution in [0.15, 0.2) is 120 Å². The highest BCUT2D eigenvalue weighted by Crippen LogP contribution is 2.13. The molecular weight excluding hydrogens is 649 g/mol. The van der Waals surface area contributed by atoms with Crippen molar-refractivity contribution in [3.05, 3.63) is 121 Å². The molecule has 0 aliphatic rings. The van der Waals surface area contributed by atoms with Crippen LogP contribution < -0.4 is 9.13 Å². The van der Waals surface area contributed by atoms with Gasteiger partial charge in [0.1, 0.15) is 20.2 Å².